The molecule has 1 aromatic heterocycles. The molecule has 1 N–H and O–H groups in total. The second-order valence-corrected chi connectivity index (χ2v) is 5.60. The van der Waals surface area contributed by atoms with Crippen LogP contribution in [0.15, 0.2) is 18.5 Å². The first-order chi connectivity index (χ1) is 12.5. The van der Waals surface area contributed by atoms with Crippen LogP contribution in [0.1, 0.15) is 31.8 Å². The van der Waals surface area contributed by atoms with Gasteiger partial charge in [0.05, 0.1) is 19.8 Å². The number of carboxylic acids is 1. The average Bonchev–Trinajstić information content (AvgIpc) is 2.66. The van der Waals surface area contributed by atoms with Crippen molar-refractivity contribution in [1.82, 2.24) is 14.9 Å². The summed E-state index contributed by atoms with van der Waals surface area (Å²) in [4.78, 5) is 33.6. The number of amides is 1. The van der Waals surface area contributed by atoms with Crippen LogP contribution in [-0.4, -0.2) is 52.6 Å². The molecule has 0 unspecified atom stereocenters. The number of hydrogen-bond acceptors (Lipinski definition) is 6. The number of ether oxygens (including phenoxy) is 2. The number of carbonyl (C=O) groups excluding carboxylic acids is 1. The number of benzene rings is 1. The van der Waals surface area contributed by atoms with E-state index in [9.17, 15) is 19.1 Å². The van der Waals surface area contributed by atoms with Crippen molar-refractivity contribution >= 4 is 11.9 Å². The fourth-order valence-corrected chi connectivity index (χ4v) is 3.01. The highest BCUT2D eigenvalue weighted by Crippen LogP contribution is 2.30. The van der Waals surface area contributed by atoms with Crippen molar-refractivity contribution in [3.63, 3.8) is 0 Å². The van der Waals surface area contributed by atoms with Crippen LogP contribution in [0.5, 0.6) is 11.8 Å². The molecule has 1 aliphatic heterocycles. The van der Waals surface area contributed by atoms with Crippen LogP contribution in [0.25, 0.3) is 0 Å². The summed E-state index contributed by atoms with van der Waals surface area (Å²) in [5.74, 6) is -2.04. The number of carbonyl (C=O) groups is 2. The fraction of sp³-hybridized carbons (Fsp3) is 0.294. The first-order valence-corrected chi connectivity index (χ1v) is 7.73. The number of fused-ring (bicyclic) bond motifs is 1. The molecule has 0 atom stereocenters. The number of aromatic nitrogens is 2. The van der Waals surface area contributed by atoms with Gasteiger partial charge in [-0.15, -0.1) is 0 Å². The Kier molecular flexibility index (Phi) is 4.70. The Labute approximate surface area is 148 Å². The molecule has 1 aromatic carbocycles. The molecule has 0 saturated heterocycles. The van der Waals surface area contributed by atoms with Gasteiger partial charge in [0.25, 0.3) is 5.91 Å². The van der Waals surface area contributed by atoms with Gasteiger partial charge in [0.2, 0.25) is 11.8 Å². The van der Waals surface area contributed by atoms with Gasteiger partial charge in [-0.2, -0.15) is 0 Å². The number of hydrogen-bond donors (Lipinski definition) is 1. The summed E-state index contributed by atoms with van der Waals surface area (Å²) in [6, 6.07) is 2.34. The zero-order valence-corrected chi connectivity index (χ0v) is 14.2. The van der Waals surface area contributed by atoms with Crippen LogP contribution in [0.4, 0.5) is 4.39 Å². The second kappa shape index (κ2) is 6.95. The van der Waals surface area contributed by atoms with Crippen molar-refractivity contribution in [3.05, 3.63) is 46.5 Å². The predicted octanol–water partition coefficient (Wildman–Crippen LogP) is 1.53. The molecule has 1 amide bonds. The van der Waals surface area contributed by atoms with Crippen molar-refractivity contribution in [2.45, 2.75) is 13.0 Å². The van der Waals surface area contributed by atoms with Crippen LogP contribution in [0, 0.1) is 5.82 Å². The number of nitrogens with zero attached hydrogens (tertiary/aromatic N) is 3. The predicted molar refractivity (Wildman–Crippen MR) is 86.9 cm³/mol. The molecule has 3 rings (SSSR count). The molecule has 26 heavy (non-hydrogen) atoms. The Balaban J connectivity index is 2.01. The third-order valence-corrected chi connectivity index (χ3v) is 4.25. The topological polar surface area (TPSA) is 102 Å². The number of halogens is 1. The molecule has 9 heteroatoms. The van der Waals surface area contributed by atoms with Crippen LogP contribution in [0.2, 0.25) is 0 Å². The van der Waals surface area contributed by atoms with Crippen molar-refractivity contribution in [2.24, 2.45) is 0 Å². The van der Waals surface area contributed by atoms with Gasteiger partial charge in [-0.05, 0) is 29.7 Å². The maximum atomic E-state index is 14.0. The van der Waals surface area contributed by atoms with Crippen molar-refractivity contribution in [1.29, 1.82) is 0 Å². The normalized spacial score (nSPS) is 13.1. The largest absolute Gasteiger partial charge is 0.480 e. The maximum absolute atomic E-state index is 14.0. The van der Waals surface area contributed by atoms with Crippen LogP contribution in [-0.2, 0) is 13.0 Å². The van der Waals surface area contributed by atoms with E-state index in [1.165, 1.54) is 31.5 Å². The van der Waals surface area contributed by atoms with Gasteiger partial charge in [-0.3, -0.25) is 4.79 Å². The number of aromatic carboxylic acids is 1. The quantitative estimate of drug-likeness (QED) is 0.881. The molecular formula is C17H16FN3O5. The highest BCUT2D eigenvalue weighted by Gasteiger charge is 2.31. The third kappa shape index (κ3) is 2.92. The first-order valence-electron chi connectivity index (χ1n) is 7.73. The van der Waals surface area contributed by atoms with E-state index in [0.717, 1.165) is 6.07 Å². The molecule has 8 nitrogen and oxygen atoms in total. The molecule has 2 heterocycles. The van der Waals surface area contributed by atoms with Crippen LogP contribution in [0.3, 0.4) is 0 Å². The number of rotatable bonds is 4. The smallest absolute Gasteiger partial charge is 0.336 e. The Bertz CT molecular complexity index is 865. The molecule has 0 radical (unpaired) electrons. The summed E-state index contributed by atoms with van der Waals surface area (Å²) in [5, 5.41) is 9.35. The van der Waals surface area contributed by atoms with E-state index >= 15 is 0 Å². The van der Waals surface area contributed by atoms with Crippen LogP contribution >= 0.6 is 0 Å². The Morgan fingerprint density at radius 1 is 1.15 bits per heavy atom. The zero-order valence-electron chi connectivity index (χ0n) is 14.2. The van der Waals surface area contributed by atoms with Gasteiger partial charge in [-0.25, -0.2) is 19.2 Å². The summed E-state index contributed by atoms with van der Waals surface area (Å²) in [6.07, 6.45) is 1.41. The second-order valence-electron chi connectivity index (χ2n) is 5.60. The number of methoxy groups -OCH3 is 2. The summed E-state index contributed by atoms with van der Waals surface area (Å²) in [6.45, 7) is 0.168. The highest BCUT2D eigenvalue weighted by molar-refractivity contribution is 5.99. The highest BCUT2D eigenvalue weighted by atomic mass is 19.1. The zero-order chi connectivity index (χ0) is 18.8. The van der Waals surface area contributed by atoms with Crippen LogP contribution < -0.4 is 9.47 Å². The van der Waals surface area contributed by atoms with Gasteiger partial charge in [0.1, 0.15) is 12.1 Å². The molecular weight excluding hydrogens is 345 g/mol. The summed E-state index contributed by atoms with van der Waals surface area (Å²) < 4.78 is 24.3. The van der Waals surface area contributed by atoms with Crippen molar-refractivity contribution in [3.8, 4) is 11.8 Å². The Morgan fingerprint density at radius 2 is 1.81 bits per heavy atom. The lowest BCUT2D eigenvalue weighted by atomic mass is 9.94. The van der Waals surface area contributed by atoms with E-state index < -0.39 is 17.7 Å². The molecule has 0 spiro atoms. The molecule has 1 aliphatic rings. The van der Waals surface area contributed by atoms with Gasteiger partial charge in [-0.1, -0.05) is 0 Å². The van der Waals surface area contributed by atoms with Gasteiger partial charge < -0.3 is 19.5 Å². The van der Waals surface area contributed by atoms with E-state index in [0.29, 0.717) is 5.56 Å². The molecule has 0 fully saturated rings. The lowest BCUT2D eigenvalue weighted by Gasteiger charge is -2.30. The van der Waals surface area contributed by atoms with E-state index in [-0.39, 0.29) is 48.0 Å². The lowest BCUT2D eigenvalue weighted by molar-refractivity contribution is 0.0674. The standard InChI is InChI=1S/C17H16FN3O5/c1-25-14-13(15(26-2)20-8-19-14)16(22)21-6-5-9-11(7-21)10(17(23)24)3-4-12(9)18/h3-4,8H,5-7H2,1-2H3,(H,23,24). The molecule has 2 aromatic rings. The minimum absolute atomic E-state index is 0.0258. The average molecular weight is 361 g/mol. The van der Waals surface area contributed by atoms with Gasteiger partial charge in [0.15, 0.2) is 5.56 Å². The van der Waals surface area contributed by atoms with E-state index in [4.69, 9.17) is 9.47 Å². The summed E-state index contributed by atoms with van der Waals surface area (Å²) in [7, 11) is 2.73. The minimum Gasteiger partial charge on any atom is -0.480 e. The monoisotopic (exact) mass is 361 g/mol. The maximum Gasteiger partial charge on any atom is 0.336 e. The molecule has 0 aliphatic carbocycles. The van der Waals surface area contributed by atoms with E-state index in [2.05, 4.69) is 9.97 Å². The fourth-order valence-electron chi connectivity index (χ4n) is 3.01. The third-order valence-electron chi connectivity index (χ3n) is 4.25. The van der Waals surface area contributed by atoms with E-state index in [1.54, 1.807) is 0 Å². The first kappa shape index (κ1) is 17.6. The van der Waals surface area contributed by atoms with Gasteiger partial charge >= 0.3 is 5.97 Å². The molecule has 0 bridgehead atoms. The lowest BCUT2D eigenvalue weighted by Crippen LogP contribution is -2.37. The van der Waals surface area contributed by atoms with Crippen molar-refractivity contribution in [2.75, 3.05) is 20.8 Å². The SMILES string of the molecule is COc1ncnc(OC)c1C(=O)N1CCc2c(F)ccc(C(=O)O)c2C1. The Hall–Kier alpha value is -3.23. The Morgan fingerprint density at radius 3 is 2.38 bits per heavy atom. The van der Waals surface area contributed by atoms with Crippen molar-refractivity contribution < 1.29 is 28.6 Å². The number of carboxylic acid groups (broad SMARTS) is 1. The molecule has 136 valence electrons. The minimum atomic E-state index is -1.17. The molecule has 0 saturated carbocycles. The summed E-state index contributed by atoms with van der Waals surface area (Å²) >= 11 is 0. The van der Waals surface area contributed by atoms with E-state index in [1.807, 2.05) is 0 Å². The van der Waals surface area contributed by atoms with Gasteiger partial charge in [0, 0.05) is 13.1 Å². The summed E-state index contributed by atoms with van der Waals surface area (Å²) in [5.41, 5.74) is 0.612.